The van der Waals surface area contributed by atoms with E-state index in [2.05, 4.69) is 5.32 Å². The van der Waals surface area contributed by atoms with Gasteiger partial charge in [-0.1, -0.05) is 24.3 Å². The molecule has 0 saturated heterocycles. The fourth-order valence-electron chi connectivity index (χ4n) is 1.25. The maximum absolute atomic E-state index is 11.4. The molecule has 118 valence electrons. The zero-order chi connectivity index (χ0) is 16.3. The van der Waals surface area contributed by atoms with Crippen molar-refractivity contribution in [2.45, 2.75) is 45.3 Å². The number of hydrogen-bond donors (Lipinski definition) is 3. The molecule has 0 aromatic rings. The Hall–Kier alpha value is -1.72. The maximum Gasteiger partial charge on any atom is 0.243 e. The van der Waals surface area contributed by atoms with Crippen LogP contribution in [-0.4, -0.2) is 40.2 Å². The van der Waals surface area contributed by atoms with E-state index in [0.29, 0.717) is 12.8 Å². The van der Waals surface area contributed by atoms with Crippen LogP contribution in [0.1, 0.15) is 33.6 Å². The molecule has 0 aliphatic heterocycles. The summed E-state index contributed by atoms with van der Waals surface area (Å²) in [4.78, 5) is 22.8. The predicted octanol–water partition coefficient (Wildman–Crippen LogP) is 1.27. The number of amides is 1. The number of ketones is 1. The van der Waals surface area contributed by atoms with Crippen LogP contribution in [0.3, 0.4) is 0 Å². The van der Waals surface area contributed by atoms with Crippen LogP contribution < -0.4 is 5.32 Å². The van der Waals surface area contributed by atoms with Crippen LogP contribution in [-0.2, 0) is 9.59 Å². The molecule has 5 heteroatoms. The maximum atomic E-state index is 11.4. The first-order valence-electron chi connectivity index (χ1n) is 6.93. The average Bonchev–Trinajstić information content (AvgIpc) is 2.36. The van der Waals surface area contributed by atoms with Gasteiger partial charge in [0.05, 0.1) is 11.7 Å². The van der Waals surface area contributed by atoms with Crippen molar-refractivity contribution < 1.29 is 19.8 Å². The van der Waals surface area contributed by atoms with E-state index in [0.717, 1.165) is 0 Å². The average molecular weight is 295 g/mol. The molecule has 1 atom stereocenters. The molecule has 0 radical (unpaired) electrons. The van der Waals surface area contributed by atoms with Crippen LogP contribution >= 0.6 is 0 Å². The van der Waals surface area contributed by atoms with Gasteiger partial charge < -0.3 is 15.5 Å². The topological polar surface area (TPSA) is 86.6 Å². The molecule has 1 amide bonds. The lowest BCUT2D eigenvalue weighted by Gasteiger charge is -2.16. The van der Waals surface area contributed by atoms with Gasteiger partial charge in [-0.3, -0.25) is 9.59 Å². The van der Waals surface area contributed by atoms with E-state index in [-0.39, 0.29) is 18.2 Å². The number of carbonyl (C=O) groups excluding carboxylic acids is 2. The van der Waals surface area contributed by atoms with E-state index >= 15 is 0 Å². The highest BCUT2D eigenvalue weighted by Crippen LogP contribution is 1.98. The summed E-state index contributed by atoms with van der Waals surface area (Å²) < 4.78 is 0. The molecule has 0 fully saturated rings. The SMILES string of the molecule is CC(O)/C=C/C=C/C(=O)CC/C=C/C(=O)NCC(C)(C)O. The molecule has 0 aromatic carbocycles. The molecule has 0 heterocycles. The van der Waals surface area contributed by atoms with Crippen molar-refractivity contribution >= 4 is 11.7 Å². The quantitative estimate of drug-likeness (QED) is 0.442. The Bertz CT molecular complexity index is 414. The Balaban J connectivity index is 3.90. The van der Waals surface area contributed by atoms with Crippen molar-refractivity contribution in [1.29, 1.82) is 0 Å². The van der Waals surface area contributed by atoms with Gasteiger partial charge in [-0.2, -0.15) is 0 Å². The third-order valence-corrected chi connectivity index (χ3v) is 2.30. The molecule has 0 aliphatic carbocycles. The summed E-state index contributed by atoms with van der Waals surface area (Å²) >= 11 is 0. The molecule has 0 rings (SSSR count). The van der Waals surface area contributed by atoms with E-state index in [1.807, 2.05) is 0 Å². The second-order valence-electron chi connectivity index (χ2n) is 5.42. The zero-order valence-corrected chi connectivity index (χ0v) is 12.9. The molecule has 0 saturated carbocycles. The Labute approximate surface area is 126 Å². The second-order valence-corrected chi connectivity index (χ2v) is 5.42. The molecule has 1 unspecified atom stereocenters. The minimum absolute atomic E-state index is 0.0493. The Morgan fingerprint density at radius 2 is 1.90 bits per heavy atom. The van der Waals surface area contributed by atoms with Crippen LogP contribution in [0.4, 0.5) is 0 Å². The molecule has 0 aromatic heterocycles. The minimum Gasteiger partial charge on any atom is -0.389 e. The fraction of sp³-hybridized carbons (Fsp3) is 0.500. The minimum atomic E-state index is -0.941. The zero-order valence-electron chi connectivity index (χ0n) is 12.9. The van der Waals surface area contributed by atoms with Gasteiger partial charge >= 0.3 is 0 Å². The van der Waals surface area contributed by atoms with Gasteiger partial charge in [0.2, 0.25) is 5.91 Å². The Morgan fingerprint density at radius 3 is 2.48 bits per heavy atom. The highest BCUT2D eigenvalue weighted by molar-refractivity contribution is 5.90. The van der Waals surface area contributed by atoms with Crippen LogP contribution in [0.5, 0.6) is 0 Å². The van der Waals surface area contributed by atoms with Crippen LogP contribution in [0.25, 0.3) is 0 Å². The van der Waals surface area contributed by atoms with Crippen LogP contribution in [0.15, 0.2) is 36.5 Å². The van der Waals surface area contributed by atoms with Crippen molar-refractivity contribution in [3.63, 3.8) is 0 Å². The number of aliphatic hydroxyl groups is 2. The third-order valence-electron chi connectivity index (χ3n) is 2.30. The van der Waals surface area contributed by atoms with Gasteiger partial charge in [-0.15, -0.1) is 0 Å². The summed E-state index contributed by atoms with van der Waals surface area (Å²) in [5.74, 6) is -0.341. The van der Waals surface area contributed by atoms with E-state index in [1.165, 1.54) is 12.2 Å². The first kappa shape index (κ1) is 19.3. The lowest BCUT2D eigenvalue weighted by atomic mass is 10.1. The van der Waals surface area contributed by atoms with Gasteiger partial charge in [0.25, 0.3) is 0 Å². The molecule has 3 N–H and O–H groups in total. The number of hydrogen-bond acceptors (Lipinski definition) is 4. The van der Waals surface area contributed by atoms with Crippen molar-refractivity contribution in [2.24, 2.45) is 0 Å². The standard InChI is InChI=1S/C16H25NO4/c1-13(18)8-4-5-9-14(19)10-6-7-11-15(20)17-12-16(2,3)21/h4-5,7-9,11,13,18,21H,6,10,12H2,1-3H3,(H,17,20)/b8-4+,9-5+,11-7+. The predicted molar refractivity (Wildman–Crippen MR) is 82.6 cm³/mol. The highest BCUT2D eigenvalue weighted by Gasteiger charge is 2.12. The van der Waals surface area contributed by atoms with E-state index < -0.39 is 11.7 Å². The van der Waals surface area contributed by atoms with Gasteiger partial charge in [0, 0.05) is 13.0 Å². The van der Waals surface area contributed by atoms with Gasteiger partial charge in [-0.25, -0.2) is 0 Å². The molecule has 0 bridgehead atoms. The molecule has 0 aliphatic rings. The van der Waals surface area contributed by atoms with Crippen LogP contribution in [0, 0.1) is 0 Å². The summed E-state index contributed by atoms with van der Waals surface area (Å²) in [6.07, 6.45) is 9.42. The molecular formula is C16H25NO4. The molecule has 0 spiro atoms. The highest BCUT2D eigenvalue weighted by atomic mass is 16.3. The van der Waals surface area contributed by atoms with E-state index in [1.54, 1.807) is 45.1 Å². The summed E-state index contributed by atoms with van der Waals surface area (Å²) in [6, 6.07) is 0. The van der Waals surface area contributed by atoms with Crippen molar-refractivity contribution in [3.05, 3.63) is 36.5 Å². The van der Waals surface area contributed by atoms with Crippen molar-refractivity contribution in [3.8, 4) is 0 Å². The number of nitrogens with one attached hydrogen (secondary N) is 1. The second kappa shape index (κ2) is 10.1. The normalized spacial score (nSPS) is 14.1. The van der Waals surface area contributed by atoms with Gasteiger partial charge in [-0.05, 0) is 39.3 Å². The Kier molecular flexibility index (Phi) is 9.25. The molecular weight excluding hydrogens is 270 g/mol. The summed E-state index contributed by atoms with van der Waals surface area (Å²) in [5.41, 5.74) is -0.941. The monoisotopic (exact) mass is 295 g/mol. The van der Waals surface area contributed by atoms with E-state index in [4.69, 9.17) is 5.11 Å². The van der Waals surface area contributed by atoms with Gasteiger partial charge in [0.15, 0.2) is 5.78 Å². The third kappa shape index (κ3) is 14.5. The van der Waals surface area contributed by atoms with E-state index in [9.17, 15) is 14.7 Å². The molecule has 21 heavy (non-hydrogen) atoms. The first-order chi connectivity index (χ1) is 9.70. The summed E-state index contributed by atoms with van der Waals surface area (Å²) in [5, 5.41) is 21.0. The molecule has 5 nitrogen and oxygen atoms in total. The summed E-state index contributed by atoms with van der Waals surface area (Å²) in [6.45, 7) is 5.01. The smallest absolute Gasteiger partial charge is 0.243 e. The fourth-order valence-corrected chi connectivity index (χ4v) is 1.25. The van der Waals surface area contributed by atoms with Gasteiger partial charge in [0.1, 0.15) is 0 Å². The number of allylic oxidation sites excluding steroid dienone is 4. The van der Waals surface area contributed by atoms with Crippen LogP contribution in [0.2, 0.25) is 0 Å². The number of rotatable bonds is 9. The number of aliphatic hydroxyl groups excluding tert-OH is 1. The number of carbonyl (C=O) groups is 2. The lowest BCUT2D eigenvalue weighted by molar-refractivity contribution is -0.117. The lowest BCUT2D eigenvalue weighted by Crippen LogP contribution is -2.37. The first-order valence-corrected chi connectivity index (χ1v) is 6.93. The largest absolute Gasteiger partial charge is 0.389 e. The Morgan fingerprint density at radius 1 is 1.24 bits per heavy atom. The van der Waals surface area contributed by atoms with Crippen molar-refractivity contribution in [1.82, 2.24) is 5.32 Å². The van der Waals surface area contributed by atoms with Crippen molar-refractivity contribution in [2.75, 3.05) is 6.54 Å². The summed E-state index contributed by atoms with van der Waals surface area (Å²) in [7, 11) is 0.